The Morgan fingerprint density at radius 3 is 1.97 bits per heavy atom. The Labute approximate surface area is 712 Å². The number of aliphatic hydroxyl groups excluding tert-OH is 6. The lowest BCUT2D eigenvalue weighted by molar-refractivity contribution is -0.277. The van der Waals surface area contributed by atoms with Gasteiger partial charge in [-0.25, -0.2) is 0 Å². The molecule has 0 radical (unpaired) electrons. The largest absolute Gasteiger partial charge is 0.508 e. The van der Waals surface area contributed by atoms with Gasteiger partial charge in [0.15, 0.2) is 11.5 Å². The average Bonchev–Trinajstić information content (AvgIpc) is 1.55. The van der Waals surface area contributed by atoms with E-state index in [0.717, 1.165) is 56.4 Å². The number of hydrogen-bond donors (Lipinski definition) is 20. The molecule has 6 aliphatic carbocycles. The predicted molar refractivity (Wildman–Crippen MR) is 437 cm³/mol. The molecule has 9 amide bonds. The van der Waals surface area contributed by atoms with Crippen LogP contribution in [0.15, 0.2) is 107 Å². The number of allylic oxidation sites excluding steroid dienone is 6. The van der Waals surface area contributed by atoms with Gasteiger partial charge in [-0.1, -0.05) is 57.5 Å². The van der Waals surface area contributed by atoms with Crippen LogP contribution in [-0.4, -0.2) is 231 Å². The van der Waals surface area contributed by atoms with Crippen LogP contribution >= 0.6 is 23.2 Å². The third-order valence-electron chi connectivity index (χ3n) is 23.9. The zero-order valence-corrected chi connectivity index (χ0v) is 69.7. The molecule has 1 saturated heterocycles. The number of aliphatic hydroxyl groups is 8. The number of carbonyl (C=O) groups excluding carboxylic acids is 9. The summed E-state index contributed by atoms with van der Waals surface area (Å²) in [5.74, 6) is -15.4. The van der Waals surface area contributed by atoms with Crippen molar-refractivity contribution in [1.82, 2.24) is 58.5 Å². The van der Waals surface area contributed by atoms with Crippen LogP contribution in [0.1, 0.15) is 149 Å². The number of nitrogens with one attached hydrogen (secondary N) is 11. The van der Waals surface area contributed by atoms with Gasteiger partial charge in [0.25, 0.3) is 5.91 Å². The van der Waals surface area contributed by atoms with E-state index in [1.54, 1.807) is 0 Å². The molecule has 13 bridgehead atoms. The monoisotopic (exact) mass is 1730 g/mol. The predicted octanol–water partition coefficient (Wildman–Crippen LogP) is 1.02. The van der Waals surface area contributed by atoms with E-state index in [0.29, 0.717) is 38.0 Å². The molecule has 0 unspecified atom stereocenters. The van der Waals surface area contributed by atoms with Crippen molar-refractivity contribution >= 4 is 76.4 Å². The van der Waals surface area contributed by atoms with E-state index in [-0.39, 0.29) is 122 Å². The number of likely N-dealkylation sites (N-methyl/N-ethyl adjacent to an activating group) is 3. The Morgan fingerprint density at radius 1 is 0.697 bits per heavy atom. The number of hydrogen-bond acceptors (Lipinski definition) is 27. The Bertz CT molecular complexity index is 4790. The van der Waals surface area contributed by atoms with Crippen molar-refractivity contribution in [3.05, 3.63) is 140 Å². The minimum Gasteiger partial charge on any atom is -0.508 e. The van der Waals surface area contributed by atoms with E-state index in [4.69, 9.17) is 51.6 Å². The smallest absolute Gasteiger partial charge is 0.258 e. The van der Waals surface area contributed by atoms with Crippen LogP contribution in [0.5, 0.6) is 34.5 Å². The summed E-state index contributed by atoms with van der Waals surface area (Å²) < 4.78 is 37.6. The molecule has 5 fully saturated rings. The lowest BCUT2D eigenvalue weighted by Gasteiger charge is -2.54. The molecular formula is C85H105Cl2N11O24. The molecular weight excluding hydrogens is 1630 g/mol. The maximum atomic E-state index is 16.6. The summed E-state index contributed by atoms with van der Waals surface area (Å²) in [6, 6.07) is -2.16. The zero-order valence-electron chi connectivity index (χ0n) is 68.1. The first-order valence-electron chi connectivity index (χ1n) is 41.0. The number of benzene rings is 4. The molecule has 15 atom stereocenters. The maximum absolute atomic E-state index is 16.6. The van der Waals surface area contributed by atoms with Crippen molar-refractivity contribution in [2.45, 2.75) is 195 Å². The highest BCUT2D eigenvalue weighted by atomic mass is 35.5. The molecule has 5 aliphatic heterocycles. The summed E-state index contributed by atoms with van der Waals surface area (Å²) in [5, 5.41) is 135. The van der Waals surface area contributed by atoms with Gasteiger partial charge < -0.3 is 128 Å². The SMILES string of the molecule is CCNCCOc1cc(OCCNCC)cc(C(=O)NC(=O)C[C@@H]2NC(=O)[C@H](NC(=O)[C@@H](CC(C)C)NC)[C@H](O)/C(C)=C/C(Cl)=C(\C)Oc3cc4cc(c3O[C@@H]3O[C@H](CO)[C@@H](O)[C@H](O)[C@H]3O)OC3=CC=C(C[C@@H]3Cl)[C@@H](O)[C@@H]3NC(=O)[C@H](NC(=O)[C@@H]4NC2=O)c2ccc4c(c2)-c2c(cc(O)cc2C4(O)O)[C@@H](C(=O)NC2C4CC5CC(C4)CC2C5)NC3=O)c1. The molecule has 122 heavy (non-hydrogen) atoms. The topological polar surface area (TPSA) is 523 Å². The van der Waals surface area contributed by atoms with Crippen molar-refractivity contribution < 1.29 is 118 Å². The number of carbonyl (C=O) groups is 9. The van der Waals surface area contributed by atoms with Crippen LogP contribution < -0.4 is 82.2 Å². The second-order valence-corrected chi connectivity index (χ2v) is 33.9. The summed E-state index contributed by atoms with van der Waals surface area (Å²) >= 11 is 14.5. The van der Waals surface area contributed by atoms with Crippen LogP contribution in [0.3, 0.4) is 0 Å². The van der Waals surface area contributed by atoms with Gasteiger partial charge in [-0.05, 0) is 202 Å². The molecule has 0 aromatic heterocycles. The van der Waals surface area contributed by atoms with E-state index < -0.39 is 198 Å². The first-order chi connectivity index (χ1) is 58.1. The Kier molecular flexibility index (Phi) is 28.1. The third kappa shape index (κ3) is 19.4. The van der Waals surface area contributed by atoms with Crippen molar-refractivity contribution in [3.8, 4) is 45.6 Å². The fraction of sp³-hybridized carbons (Fsp3) is 0.518. The second-order valence-electron chi connectivity index (χ2n) is 32.9. The number of aromatic hydroxyl groups is 1. The first-order valence-corrected chi connectivity index (χ1v) is 41.9. The summed E-state index contributed by atoms with van der Waals surface area (Å²) in [5.41, 5.74) is -2.09. The number of phenolic OH excluding ortho intramolecular Hbond substituents is 1. The van der Waals surface area contributed by atoms with Gasteiger partial charge in [0.1, 0.15) is 115 Å². The normalized spacial score (nSPS) is 30.4. The summed E-state index contributed by atoms with van der Waals surface area (Å²) in [6.45, 7) is 11.4. The molecule has 35 nitrogen and oxygen atoms in total. The fourth-order valence-electron chi connectivity index (χ4n) is 17.9. The summed E-state index contributed by atoms with van der Waals surface area (Å²) in [6.07, 6.45) is -7.41. The Morgan fingerprint density at radius 2 is 1.34 bits per heavy atom. The second kappa shape index (κ2) is 38.1. The molecule has 15 rings (SSSR count). The number of fused-ring (bicyclic) bond motifs is 5. The van der Waals surface area contributed by atoms with Gasteiger partial charge in [0, 0.05) is 41.9 Å². The molecule has 11 aliphatic rings. The van der Waals surface area contributed by atoms with Gasteiger partial charge in [-0.2, -0.15) is 0 Å². The highest BCUT2D eigenvalue weighted by molar-refractivity contribution is 6.31. The van der Waals surface area contributed by atoms with Crippen molar-refractivity contribution in [3.63, 3.8) is 0 Å². The van der Waals surface area contributed by atoms with Crippen molar-refractivity contribution in [1.29, 1.82) is 0 Å². The highest BCUT2D eigenvalue weighted by Crippen LogP contribution is 2.55. The lowest BCUT2D eigenvalue weighted by atomic mass is 9.54. The van der Waals surface area contributed by atoms with Gasteiger partial charge in [0.2, 0.25) is 65.1 Å². The van der Waals surface area contributed by atoms with Gasteiger partial charge in [0.05, 0.1) is 29.5 Å². The van der Waals surface area contributed by atoms with Gasteiger partial charge in [-0.15, -0.1) is 11.6 Å². The fourth-order valence-corrected chi connectivity index (χ4v) is 18.4. The molecule has 4 saturated carbocycles. The zero-order chi connectivity index (χ0) is 87.6. The number of imide groups is 1. The van der Waals surface area contributed by atoms with E-state index in [2.05, 4.69) is 58.5 Å². The summed E-state index contributed by atoms with van der Waals surface area (Å²) in [4.78, 5) is 140. The average molecular weight is 1740 g/mol. The molecule has 20 N–H and O–H groups in total. The van der Waals surface area contributed by atoms with E-state index in [1.807, 2.05) is 27.7 Å². The van der Waals surface area contributed by atoms with E-state index in [1.165, 1.54) is 75.5 Å². The highest BCUT2D eigenvalue weighted by Gasteiger charge is 2.53. The third-order valence-corrected chi connectivity index (χ3v) is 24.6. The minimum atomic E-state index is -2.98. The molecule has 4 aromatic carbocycles. The quantitative estimate of drug-likeness (QED) is 0.0280. The Balaban J connectivity index is 0.991. The minimum absolute atomic E-state index is 0.0516. The van der Waals surface area contributed by atoms with Crippen molar-refractivity contribution in [2.75, 3.05) is 53.0 Å². The molecule has 4 aromatic rings. The first kappa shape index (κ1) is 89.9. The number of alkyl halides is 1. The van der Waals surface area contributed by atoms with Crippen LogP contribution in [0.2, 0.25) is 0 Å². The van der Waals surface area contributed by atoms with Crippen LogP contribution in [0.25, 0.3) is 11.1 Å². The number of phenols is 1. The number of amides is 9. The molecule has 37 heteroatoms. The maximum Gasteiger partial charge on any atom is 0.258 e. The number of halogens is 2. The van der Waals surface area contributed by atoms with E-state index >= 15 is 28.8 Å². The molecule has 658 valence electrons. The van der Waals surface area contributed by atoms with Crippen LogP contribution in [0.4, 0.5) is 0 Å². The summed E-state index contributed by atoms with van der Waals surface area (Å²) in [7, 11) is 1.48. The Hall–Kier alpha value is -9.83. The number of ether oxygens (including phenoxy) is 6. The van der Waals surface area contributed by atoms with Gasteiger partial charge in [-0.3, -0.25) is 48.5 Å². The number of rotatable bonds is 23. The molecule has 0 spiro atoms. The standard InChI is InChI=1S/C85H105Cl2N11O24/c1-8-89-14-16-117-48-25-46(26-49(33-48)118-17-15-90-9-2)76(107)92-62(101)34-57-78(109)94-66-45-29-59(119-38(6)54(86)19-37(5)70(102)68(82(113)91-57)97-77(108)56(88-7)18-36(3)4)75(122-84-74(106)73(105)72(104)61(35-99)121-84)60(30-45)120-58-13-11-42(28-55(58)87)71(103)69-83(114)96-67(81(112)93-64-43-21-39-20-40(23-43)24-44(64)22-39)51-31-47(100)32-53-63(51)50-27-41(10-12-52(50)85(53,115)116)65(79(110)98-69)95-80(66)111/h10-13,19,25-27,29-33,36,39-40,43-44,55-57,61,64-74,84,88-90,99-100,102-106,115-116H,8-9,14-18,20-24,28,34-35H2,1-7H3,(H,91,113)(H,93,112)(H,94,109)(H,95,111)(H,96,114)(H,97,108)(H,98,110)(H,92,101,107)/b37-19+,54-38-/t39?,40?,43?,44?,55-,56+,57-,61+,64?,65+,66+,67-,68+,69-,70+,71+,72+,73-,74+,84-/m0/s1. The van der Waals surface area contributed by atoms with Crippen LogP contribution in [0, 0.1) is 29.6 Å². The van der Waals surface area contributed by atoms with Gasteiger partial charge >= 0.3 is 0 Å². The molecule has 5 heterocycles. The lowest BCUT2D eigenvalue weighted by Crippen LogP contribution is -2.61. The van der Waals surface area contributed by atoms with E-state index in [9.17, 15) is 60.3 Å². The van der Waals surface area contributed by atoms with Crippen molar-refractivity contribution in [2.24, 2.45) is 29.6 Å². The van der Waals surface area contributed by atoms with Crippen LogP contribution in [-0.2, 0) is 48.9 Å².